The molecular weight excluding hydrogens is 442 g/mol. The summed E-state index contributed by atoms with van der Waals surface area (Å²) in [5.41, 5.74) is 15.8. The number of para-hydroxylation sites is 2. The van der Waals surface area contributed by atoms with Crippen molar-refractivity contribution in [2.75, 3.05) is 36.6 Å². The van der Waals surface area contributed by atoms with Crippen LogP contribution < -0.4 is 16.4 Å². The van der Waals surface area contributed by atoms with Gasteiger partial charge < -0.3 is 35.4 Å². The van der Waals surface area contributed by atoms with E-state index in [4.69, 9.17) is 20.3 Å². The Kier molecular flexibility index (Phi) is 4.67. The van der Waals surface area contributed by atoms with E-state index < -0.39 is 12.2 Å². The molecule has 2 heterocycles. The molecule has 0 radical (unpaired) electrons. The minimum atomic E-state index is -1.64. The average molecular weight is 468 g/mol. The first kappa shape index (κ1) is 21.3. The van der Waals surface area contributed by atoms with Gasteiger partial charge in [-0.05, 0) is 30.3 Å². The monoisotopic (exact) mass is 467 g/mol. The van der Waals surface area contributed by atoms with Gasteiger partial charge >= 0.3 is 0 Å². The zero-order valence-corrected chi connectivity index (χ0v) is 19.2. The Morgan fingerprint density at radius 1 is 0.771 bits per heavy atom. The quantitative estimate of drug-likeness (QED) is 0.264. The SMILES string of the molecule is CN(CC(O)(CO)c1ccc(N)c2c1oc1ccccc12)c1ccc(N)c2c1oc1ccccc12. The summed E-state index contributed by atoms with van der Waals surface area (Å²) in [6.07, 6.45) is 0. The highest BCUT2D eigenvalue weighted by Crippen LogP contribution is 2.41. The fourth-order valence-corrected chi connectivity index (χ4v) is 5.06. The summed E-state index contributed by atoms with van der Waals surface area (Å²) < 4.78 is 12.3. The fraction of sp³-hybridized carbons (Fsp3) is 0.143. The molecule has 1 unspecified atom stereocenters. The van der Waals surface area contributed by atoms with Crippen molar-refractivity contribution >= 4 is 60.9 Å². The van der Waals surface area contributed by atoms with Crippen molar-refractivity contribution in [1.82, 2.24) is 0 Å². The van der Waals surface area contributed by atoms with Crippen LogP contribution in [-0.4, -0.2) is 30.4 Å². The van der Waals surface area contributed by atoms with Crippen molar-refractivity contribution in [1.29, 1.82) is 0 Å². The molecule has 2 aromatic heterocycles. The van der Waals surface area contributed by atoms with Crippen LogP contribution in [0.1, 0.15) is 5.56 Å². The molecular formula is C28H25N3O4. The van der Waals surface area contributed by atoms with E-state index >= 15 is 0 Å². The number of nitrogens with zero attached hydrogens (tertiary/aromatic N) is 1. The Morgan fingerprint density at radius 2 is 1.31 bits per heavy atom. The molecule has 6 rings (SSSR count). The molecule has 6 N–H and O–H groups in total. The number of likely N-dealkylation sites (N-methyl/N-ethyl adjacent to an activating group) is 1. The number of hydrogen-bond acceptors (Lipinski definition) is 7. The first-order valence-corrected chi connectivity index (χ1v) is 11.4. The molecule has 0 aliphatic carbocycles. The number of aliphatic hydroxyl groups excluding tert-OH is 1. The lowest BCUT2D eigenvalue weighted by atomic mass is 9.91. The summed E-state index contributed by atoms with van der Waals surface area (Å²) in [5.74, 6) is 0. The molecule has 35 heavy (non-hydrogen) atoms. The summed E-state index contributed by atoms with van der Waals surface area (Å²) in [5, 5.41) is 25.5. The third kappa shape index (κ3) is 3.13. The van der Waals surface area contributed by atoms with Gasteiger partial charge in [-0.1, -0.05) is 42.5 Å². The maximum absolute atomic E-state index is 11.8. The number of anilines is 3. The third-order valence-electron chi connectivity index (χ3n) is 6.77. The lowest BCUT2D eigenvalue weighted by Crippen LogP contribution is -2.42. The number of aliphatic hydroxyl groups is 2. The summed E-state index contributed by atoms with van der Waals surface area (Å²) in [4.78, 5) is 1.85. The molecule has 0 saturated heterocycles. The number of nitrogen functional groups attached to an aromatic ring is 2. The Labute approximate surface area is 200 Å². The summed E-state index contributed by atoms with van der Waals surface area (Å²) in [6, 6.07) is 22.4. The van der Waals surface area contributed by atoms with Gasteiger partial charge in [0.15, 0.2) is 5.58 Å². The van der Waals surface area contributed by atoms with Crippen LogP contribution in [0.4, 0.5) is 17.1 Å². The normalized spacial score (nSPS) is 13.7. The summed E-state index contributed by atoms with van der Waals surface area (Å²) in [7, 11) is 1.84. The van der Waals surface area contributed by atoms with E-state index in [1.807, 2.05) is 72.6 Å². The van der Waals surface area contributed by atoms with E-state index in [1.165, 1.54) is 0 Å². The summed E-state index contributed by atoms with van der Waals surface area (Å²) in [6.45, 7) is -0.457. The second-order valence-corrected chi connectivity index (χ2v) is 9.03. The smallest absolute Gasteiger partial charge is 0.160 e. The molecule has 0 aliphatic rings. The van der Waals surface area contributed by atoms with Crippen molar-refractivity contribution in [2.45, 2.75) is 5.60 Å². The minimum Gasteiger partial charge on any atom is -0.456 e. The molecule has 6 aromatic rings. The highest BCUT2D eigenvalue weighted by atomic mass is 16.3. The lowest BCUT2D eigenvalue weighted by Gasteiger charge is -2.32. The highest BCUT2D eigenvalue weighted by Gasteiger charge is 2.35. The molecule has 7 heteroatoms. The fourth-order valence-electron chi connectivity index (χ4n) is 5.06. The van der Waals surface area contributed by atoms with Gasteiger partial charge in [0.2, 0.25) is 0 Å². The topological polar surface area (TPSA) is 122 Å². The standard InChI is InChI=1S/C28H25N3O4/c1-31(21-13-12-20(30)25-17-7-3-5-9-23(17)35-27(21)25)14-28(33,15-32)18-10-11-19(29)24-16-6-2-4-8-22(16)34-26(18)24/h2-13,32-33H,14-15,29-30H2,1H3. The van der Waals surface area contributed by atoms with Crippen molar-refractivity contribution in [3.05, 3.63) is 78.4 Å². The van der Waals surface area contributed by atoms with E-state index in [0.717, 1.165) is 32.8 Å². The Hall–Kier alpha value is -4.20. The molecule has 7 nitrogen and oxygen atoms in total. The number of rotatable bonds is 5. The molecule has 0 saturated carbocycles. The largest absolute Gasteiger partial charge is 0.456 e. The van der Waals surface area contributed by atoms with Gasteiger partial charge in [-0.25, -0.2) is 0 Å². The van der Waals surface area contributed by atoms with Crippen molar-refractivity contribution in [3.63, 3.8) is 0 Å². The van der Waals surface area contributed by atoms with E-state index in [1.54, 1.807) is 12.1 Å². The Bertz CT molecular complexity index is 1740. The van der Waals surface area contributed by atoms with E-state index in [0.29, 0.717) is 33.7 Å². The lowest BCUT2D eigenvalue weighted by molar-refractivity contribution is -0.0111. The number of fused-ring (bicyclic) bond motifs is 6. The van der Waals surface area contributed by atoms with E-state index in [2.05, 4.69) is 0 Å². The minimum absolute atomic E-state index is 0.0651. The molecule has 0 bridgehead atoms. The Morgan fingerprint density at radius 3 is 1.94 bits per heavy atom. The van der Waals surface area contributed by atoms with Crippen molar-refractivity contribution in [3.8, 4) is 0 Å². The van der Waals surface area contributed by atoms with Gasteiger partial charge in [-0.15, -0.1) is 0 Å². The average Bonchev–Trinajstić information content (AvgIpc) is 3.44. The van der Waals surface area contributed by atoms with Crippen LogP contribution in [0.2, 0.25) is 0 Å². The second-order valence-electron chi connectivity index (χ2n) is 9.03. The predicted octanol–water partition coefficient (Wildman–Crippen LogP) is 4.97. The molecule has 0 spiro atoms. The van der Waals surface area contributed by atoms with Crippen LogP contribution in [0.15, 0.2) is 81.6 Å². The molecule has 0 aliphatic heterocycles. The molecule has 0 amide bonds. The van der Waals surface area contributed by atoms with Crippen molar-refractivity contribution in [2.24, 2.45) is 0 Å². The first-order valence-electron chi connectivity index (χ1n) is 11.4. The predicted molar refractivity (Wildman–Crippen MR) is 141 cm³/mol. The number of nitrogens with two attached hydrogens (primary N) is 2. The Balaban J connectivity index is 1.48. The van der Waals surface area contributed by atoms with Gasteiger partial charge in [-0.2, -0.15) is 0 Å². The molecule has 176 valence electrons. The van der Waals surface area contributed by atoms with Crippen LogP contribution in [0.5, 0.6) is 0 Å². The number of furan rings is 2. The number of hydrogen-bond donors (Lipinski definition) is 4. The van der Waals surface area contributed by atoms with Crippen LogP contribution in [-0.2, 0) is 5.60 Å². The van der Waals surface area contributed by atoms with Gasteiger partial charge in [0.05, 0.1) is 29.6 Å². The highest BCUT2D eigenvalue weighted by molar-refractivity contribution is 6.14. The van der Waals surface area contributed by atoms with Crippen LogP contribution in [0.3, 0.4) is 0 Å². The van der Waals surface area contributed by atoms with E-state index in [9.17, 15) is 10.2 Å². The van der Waals surface area contributed by atoms with E-state index in [-0.39, 0.29) is 6.54 Å². The number of benzene rings is 4. The van der Waals surface area contributed by atoms with Gasteiger partial charge in [0, 0.05) is 34.8 Å². The van der Waals surface area contributed by atoms with Crippen LogP contribution in [0.25, 0.3) is 43.9 Å². The van der Waals surface area contributed by atoms with Crippen LogP contribution in [0, 0.1) is 0 Å². The first-order chi connectivity index (χ1) is 16.9. The summed E-state index contributed by atoms with van der Waals surface area (Å²) >= 11 is 0. The zero-order valence-electron chi connectivity index (χ0n) is 19.2. The maximum atomic E-state index is 11.8. The van der Waals surface area contributed by atoms with Crippen molar-refractivity contribution < 1.29 is 19.0 Å². The zero-order chi connectivity index (χ0) is 24.3. The van der Waals surface area contributed by atoms with Crippen LogP contribution >= 0.6 is 0 Å². The molecule has 1 atom stereocenters. The van der Waals surface area contributed by atoms with Gasteiger partial charge in [-0.3, -0.25) is 0 Å². The maximum Gasteiger partial charge on any atom is 0.160 e. The van der Waals surface area contributed by atoms with Gasteiger partial charge in [0.25, 0.3) is 0 Å². The molecule has 0 fully saturated rings. The second kappa shape index (κ2) is 7.66. The third-order valence-corrected chi connectivity index (χ3v) is 6.77. The molecule has 4 aromatic carbocycles. The van der Waals surface area contributed by atoms with Gasteiger partial charge in [0.1, 0.15) is 22.4 Å².